The summed E-state index contributed by atoms with van der Waals surface area (Å²) in [5, 5.41) is 12.6. The Morgan fingerprint density at radius 2 is 2.33 bits per heavy atom. The molecule has 15 heavy (non-hydrogen) atoms. The van der Waals surface area contributed by atoms with Gasteiger partial charge in [0.2, 0.25) is 0 Å². The molecular formula is C8H11ClN4O2. The standard InChI is InChI=1S/C8H11ClN4O2/c1-15-5-4-10-8(14)11-7-3-2-6(9)12-13-7/h2-3H,4-5H2,1H3,(H2,10,11,13,14). The summed E-state index contributed by atoms with van der Waals surface area (Å²) in [5.74, 6) is 0.342. The fourth-order valence-corrected chi connectivity index (χ4v) is 0.911. The van der Waals surface area contributed by atoms with Gasteiger partial charge in [-0.25, -0.2) is 4.79 Å². The lowest BCUT2D eigenvalue weighted by Crippen LogP contribution is -2.31. The van der Waals surface area contributed by atoms with E-state index in [1.54, 1.807) is 19.2 Å². The van der Waals surface area contributed by atoms with Crippen LogP contribution in [0.2, 0.25) is 5.15 Å². The maximum Gasteiger partial charge on any atom is 0.320 e. The molecule has 1 heterocycles. The summed E-state index contributed by atoms with van der Waals surface area (Å²) in [6.07, 6.45) is 0. The lowest BCUT2D eigenvalue weighted by Gasteiger charge is -2.05. The number of anilines is 1. The number of carbonyl (C=O) groups is 1. The molecule has 0 aliphatic carbocycles. The number of methoxy groups -OCH3 is 1. The number of hydrogen-bond donors (Lipinski definition) is 2. The van der Waals surface area contributed by atoms with Crippen molar-refractivity contribution in [2.45, 2.75) is 0 Å². The van der Waals surface area contributed by atoms with Gasteiger partial charge < -0.3 is 10.1 Å². The van der Waals surface area contributed by atoms with E-state index in [0.29, 0.717) is 19.0 Å². The maximum atomic E-state index is 11.2. The molecule has 7 heteroatoms. The van der Waals surface area contributed by atoms with Gasteiger partial charge in [0.1, 0.15) is 0 Å². The number of nitrogens with zero attached hydrogens (tertiary/aromatic N) is 2. The Bertz CT molecular complexity index is 317. The highest BCUT2D eigenvalue weighted by Gasteiger charge is 2.01. The summed E-state index contributed by atoms with van der Waals surface area (Å²) in [4.78, 5) is 11.2. The number of nitrogens with one attached hydrogen (secondary N) is 2. The van der Waals surface area contributed by atoms with E-state index in [2.05, 4.69) is 20.8 Å². The van der Waals surface area contributed by atoms with Crippen LogP contribution in [0.15, 0.2) is 12.1 Å². The topological polar surface area (TPSA) is 76.1 Å². The SMILES string of the molecule is COCCNC(=O)Nc1ccc(Cl)nn1. The van der Waals surface area contributed by atoms with E-state index in [4.69, 9.17) is 16.3 Å². The van der Waals surface area contributed by atoms with Gasteiger partial charge in [0.15, 0.2) is 11.0 Å². The zero-order chi connectivity index (χ0) is 11.1. The van der Waals surface area contributed by atoms with Gasteiger partial charge >= 0.3 is 6.03 Å². The van der Waals surface area contributed by atoms with Gasteiger partial charge in [-0.1, -0.05) is 11.6 Å². The minimum Gasteiger partial charge on any atom is -0.383 e. The monoisotopic (exact) mass is 230 g/mol. The van der Waals surface area contributed by atoms with Crippen LogP contribution in [0, 0.1) is 0 Å². The molecule has 0 aliphatic heterocycles. The van der Waals surface area contributed by atoms with Crippen LogP contribution in [-0.4, -0.2) is 36.5 Å². The van der Waals surface area contributed by atoms with Crippen LogP contribution < -0.4 is 10.6 Å². The van der Waals surface area contributed by atoms with Gasteiger partial charge in [-0.2, -0.15) is 0 Å². The number of urea groups is 1. The zero-order valence-electron chi connectivity index (χ0n) is 8.16. The Kier molecular flexibility index (Phi) is 4.79. The average Bonchev–Trinajstić information content (AvgIpc) is 2.22. The van der Waals surface area contributed by atoms with E-state index < -0.39 is 0 Å². The minimum atomic E-state index is -0.358. The molecule has 82 valence electrons. The third-order valence-electron chi connectivity index (χ3n) is 1.47. The summed E-state index contributed by atoms with van der Waals surface area (Å²) < 4.78 is 4.77. The minimum absolute atomic E-state index is 0.278. The molecule has 0 saturated heterocycles. The third kappa shape index (κ3) is 4.57. The first-order chi connectivity index (χ1) is 7.22. The molecule has 6 nitrogen and oxygen atoms in total. The Labute approximate surface area is 92.0 Å². The fraction of sp³-hybridized carbons (Fsp3) is 0.375. The maximum absolute atomic E-state index is 11.2. The van der Waals surface area contributed by atoms with E-state index >= 15 is 0 Å². The second kappa shape index (κ2) is 6.15. The van der Waals surface area contributed by atoms with Crippen molar-refractivity contribution in [2.75, 3.05) is 25.6 Å². The van der Waals surface area contributed by atoms with Crippen molar-refractivity contribution in [3.05, 3.63) is 17.3 Å². The molecule has 1 aromatic rings. The second-order valence-corrected chi connectivity index (χ2v) is 3.00. The Morgan fingerprint density at radius 3 is 2.93 bits per heavy atom. The number of ether oxygens (including phenoxy) is 1. The van der Waals surface area contributed by atoms with E-state index in [1.807, 2.05) is 0 Å². The quantitative estimate of drug-likeness (QED) is 0.754. The van der Waals surface area contributed by atoms with Crippen molar-refractivity contribution < 1.29 is 9.53 Å². The van der Waals surface area contributed by atoms with E-state index in [0.717, 1.165) is 0 Å². The molecule has 0 bridgehead atoms. The van der Waals surface area contributed by atoms with Crippen molar-refractivity contribution >= 4 is 23.4 Å². The predicted molar refractivity (Wildman–Crippen MR) is 55.9 cm³/mol. The summed E-state index contributed by atoms with van der Waals surface area (Å²) >= 11 is 5.53. The Hall–Kier alpha value is -1.40. The molecule has 2 N–H and O–H groups in total. The summed E-state index contributed by atoms with van der Waals surface area (Å²) in [6, 6.07) is 2.74. The Morgan fingerprint density at radius 1 is 1.53 bits per heavy atom. The first-order valence-electron chi connectivity index (χ1n) is 4.25. The first kappa shape index (κ1) is 11.7. The lowest BCUT2D eigenvalue weighted by molar-refractivity contribution is 0.198. The molecule has 2 amide bonds. The highest BCUT2D eigenvalue weighted by Crippen LogP contribution is 2.05. The van der Waals surface area contributed by atoms with Crippen LogP contribution in [0.25, 0.3) is 0 Å². The van der Waals surface area contributed by atoms with Crippen molar-refractivity contribution in [3.63, 3.8) is 0 Å². The van der Waals surface area contributed by atoms with Gasteiger partial charge in [0, 0.05) is 13.7 Å². The van der Waals surface area contributed by atoms with Crippen molar-refractivity contribution in [1.82, 2.24) is 15.5 Å². The molecular weight excluding hydrogens is 220 g/mol. The normalized spacial score (nSPS) is 9.73. The van der Waals surface area contributed by atoms with Crippen molar-refractivity contribution in [2.24, 2.45) is 0 Å². The van der Waals surface area contributed by atoms with Crippen molar-refractivity contribution in [3.8, 4) is 0 Å². The largest absolute Gasteiger partial charge is 0.383 e. The van der Waals surface area contributed by atoms with Crippen LogP contribution in [-0.2, 0) is 4.74 Å². The number of rotatable bonds is 4. The van der Waals surface area contributed by atoms with Gasteiger partial charge in [-0.3, -0.25) is 5.32 Å². The smallest absolute Gasteiger partial charge is 0.320 e. The number of hydrogen-bond acceptors (Lipinski definition) is 4. The van der Waals surface area contributed by atoms with Crippen molar-refractivity contribution in [1.29, 1.82) is 0 Å². The van der Waals surface area contributed by atoms with Crippen LogP contribution in [0.3, 0.4) is 0 Å². The van der Waals surface area contributed by atoms with Crippen LogP contribution in [0.4, 0.5) is 10.6 Å². The number of halogens is 1. The van der Waals surface area contributed by atoms with Gasteiger partial charge in [0.05, 0.1) is 6.61 Å². The summed E-state index contributed by atoms with van der Waals surface area (Å²) in [6.45, 7) is 0.892. The predicted octanol–water partition coefficient (Wildman–Crippen LogP) is 0.898. The molecule has 1 rings (SSSR count). The summed E-state index contributed by atoms with van der Waals surface area (Å²) in [5.41, 5.74) is 0. The molecule has 0 unspecified atom stereocenters. The number of aromatic nitrogens is 2. The molecule has 0 aliphatic rings. The molecule has 1 aromatic heterocycles. The molecule has 0 radical (unpaired) electrons. The average molecular weight is 231 g/mol. The van der Waals surface area contributed by atoms with E-state index in [9.17, 15) is 4.79 Å². The highest BCUT2D eigenvalue weighted by atomic mass is 35.5. The second-order valence-electron chi connectivity index (χ2n) is 2.61. The molecule has 0 aromatic carbocycles. The number of amides is 2. The van der Waals surface area contributed by atoms with Gasteiger partial charge in [0.25, 0.3) is 0 Å². The molecule has 0 fully saturated rings. The fourth-order valence-electron chi connectivity index (χ4n) is 0.810. The van der Waals surface area contributed by atoms with E-state index in [-0.39, 0.29) is 11.2 Å². The van der Waals surface area contributed by atoms with Gasteiger partial charge in [-0.15, -0.1) is 10.2 Å². The molecule has 0 atom stereocenters. The van der Waals surface area contributed by atoms with E-state index in [1.165, 1.54) is 0 Å². The zero-order valence-corrected chi connectivity index (χ0v) is 8.91. The Balaban J connectivity index is 2.34. The first-order valence-corrected chi connectivity index (χ1v) is 4.63. The molecule has 0 saturated carbocycles. The molecule has 0 spiro atoms. The number of carbonyl (C=O) groups excluding carboxylic acids is 1. The van der Waals surface area contributed by atoms with Crippen LogP contribution in [0.1, 0.15) is 0 Å². The lowest BCUT2D eigenvalue weighted by atomic mass is 10.5. The van der Waals surface area contributed by atoms with Crippen LogP contribution >= 0.6 is 11.6 Å². The third-order valence-corrected chi connectivity index (χ3v) is 1.67. The van der Waals surface area contributed by atoms with Gasteiger partial charge in [-0.05, 0) is 12.1 Å². The summed E-state index contributed by atoms with van der Waals surface area (Å²) in [7, 11) is 1.56. The van der Waals surface area contributed by atoms with Crippen LogP contribution in [0.5, 0.6) is 0 Å². The highest BCUT2D eigenvalue weighted by molar-refractivity contribution is 6.29.